The van der Waals surface area contributed by atoms with Crippen molar-refractivity contribution in [3.8, 4) is 123 Å². The van der Waals surface area contributed by atoms with Crippen LogP contribution in [0.15, 0.2) is 224 Å². The first-order valence-electron chi connectivity index (χ1n) is 33.5. The van der Waals surface area contributed by atoms with Crippen molar-refractivity contribution in [3.05, 3.63) is 280 Å². The van der Waals surface area contributed by atoms with Crippen LogP contribution in [0.2, 0.25) is 0 Å². The molecule has 11 aromatic carbocycles. The first-order chi connectivity index (χ1) is 44.5. The van der Waals surface area contributed by atoms with Crippen molar-refractivity contribution in [2.75, 3.05) is 0 Å². The molecule has 470 valence electrons. The van der Waals surface area contributed by atoms with Crippen molar-refractivity contribution < 1.29 is 0 Å². The lowest BCUT2D eigenvalue weighted by molar-refractivity contribution is 0.590. The van der Waals surface area contributed by atoms with E-state index in [2.05, 4.69) is 349 Å². The van der Waals surface area contributed by atoms with Gasteiger partial charge in [0, 0.05) is 16.7 Å². The number of hydrogen-bond acceptors (Lipinski definition) is 3. The maximum Gasteiger partial charge on any atom is 0.164 e. The van der Waals surface area contributed by atoms with Crippen molar-refractivity contribution in [3.63, 3.8) is 0 Å². The van der Waals surface area contributed by atoms with Gasteiger partial charge in [0.1, 0.15) is 0 Å². The van der Waals surface area contributed by atoms with Gasteiger partial charge in [-0.1, -0.05) is 264 Å². The highest BCUT2D eigenvalue weighted by Gasteiger charge is 2.22. The molecule has 0 saturated heterocycles. The summed E-state index contributed by atoms with van der Waals surface area (Å²) >= 11 is 0. The quantitative estimate of drug-likeness (QED) is 0.130. The maximum atomic E-state index is 5.56. The monoisotopic (exact) mass is 1230 g/mol. The molecule has 3 nitrogen and oxygen atoms in total. The number of aryl methyl sites for hydroxylation is 6. The van der Waals surface area contributed by atoms with Crippen LogP contribution in [0.25, 0.3) is 123 Å². The second kappa shape index (κ2) is 25.1. The zero-order chi connectivity index (χ0) is 66.8. The largest absolute Gasteiger partial charge is 0.208 e. The molecule has 0 aliphatic heterocycles. The van der Waals surface area contributed by atoms with Gasteiger partial charge in [0.05, 0.1) is 0 Å². The molecule has 12 aromatic rings. The minimum Gasteiger partial charge on any atom is -0.208 e. The van der Waals surface area contributed by atoms with Crippen molar-refractivity contribution in [1.29, 1.82) is 0 Å². The molecule has 0 atom stereocenters. The summed E-state index contributed by atoms with van der Waals surface area (Å²) in [5.74, 6) is 1.80. The number of aromatic nitrogens is 3. The molecule has 12 rings (SSSR count). The summed E-state index contributed by atoms with van der Waals surface area (Å²) in [7, 11) is 0. The molecule has 0 unspecified atom stereocenters. The zero-order valence-electron chi connectivity index (χ0n) is 58.7. The van der Waals surface area contributed by atoms with E-state index in [0.717, 1.165) is 94.6 Å². The molecule has 1 heterocycles. The van der Waals surface area contributed by atoms with Gasteiger partial charge in [-0.25, -0.2) is 15.0 Å². The van der Waals surface area contributed by atoms with Crippen molar-refractivity contribution in [2.24, 2.45) is 0 Å². The molecule has 0 aliphatic rings. The normalized spacial score (nSPS) is 12.1. The highest BCUT2D eigenvalue weighted by Crippen LogP contribution is 2.43. The third kappa shape index (κ3) is 13.9. The first-order valence-corrected chi connectivity index (χ1v) is 33.5. The smallest absolute Gasteiger partial charge is 0.164 e. The molecule has 0 radical (unpaired) electrons. The van der Waals surface area contributed by atoms with Crippen LogP contribution in [0.3, 0.4) is 0 Å². The van der Waals surface area contributed by atoms with Crippen LogP contribution in [0.4, 0.5) is 0 Å². The summed E-state index contributed by atoms with van der Waals surface area (Å²) < 4.78 is 0. The summed E-state index contributed by atoms with van der Waals surface area (Å²) in [4.78, 5) is 16.5. The fourth-order valence-corrected chi connectivity index (χ4v) is 13.6. The molecule has 3 heteroatoms. The second-order valence-corrected chi connectivity index (χ2v) is 30.7. The maximum absolute atomic E-state index is 5.56. The van der Waals surface area contributed by atoms with E-state index in [9.17, 15) is 0 Å². The van der Waals surface area contributed by atoms with Gasteiger partial charge < -0.3 is 0 Å². The van der Waals surface area contributed by atoms with Gasteiger partial charge in [-0.2, -0.15) is 0 Å². The average molecular weight is 1230 g/mol. The number of rotatable bonds is 11. The Kier molecular flexibility index (Phi) is 17.2. The molecular formula is C91H91N3. The standard InChI is InChI=1S/C91H91N3/c1-56-43-58(3)83(59(4)44-56)66-19-23-68(24-20-66)85-92-86(69-25-21-67(22-26-69)84-60(5)45-57(2)46-61(84)6)94-87(93-85)78-54-76(74-49-70(62-27-35-79(36-28-62)88(7,8)9)47-71(50-74)63-29-37-80(38-30-63)89(10,11)12)53-77(55-78)75-51-72(64-31-39-81(40-32-64)90(13,14)15)48-73(52-75)65-33-41-82(42-34-65)91(16,17)18/h19-55H,1-18H3. The van der Waals surface area contributed by atoms with E-state index >= 15 is 0 Å². The number of benzene rings is 11. The van der Waals surface area contributed by atoms with Crippen molar-refractivity contribution in [1.82, 2.24) is 15.0 Å². The fraction of sp³-hybridized carbons (Fsp3) is 0.242. The molecule has 0 N–H and O–H groups in total. The summed E-state index contributed by atoms with van der Waals surface area (Å²) in [5.41, 5.74) is 33.9. The lowest BCUT2D eigenvalue weighted by Crippen LogP contribution is -2.10. The van der Waals surface area contributed by atoms with Gasteiger partial charge in [0.2, 0.25) is 0 Å². The molecular weight excluding hydrogens is 1140 g/mol. The van der Waals surface area contributed by atoms with Crippen LogP contribution >= 0.6 is 0 Å². The number of nitrogens with zero attached hydrogens (tertiary/aromatic N) is 3. The van der Waals surface area contributed by atoms with E-state index in [1.165, 1.54) is 66.8 Å². The summed E-state index contributed by atoms with van der Waals surface area (Å²) in [6.07, 6.45) is 0. The van der Waals surface area contributed by atoms with E-state index in [-0.39, 0.29) is 21.7 Å². The lowest BCUT2D eigenvalue weighted by Gasteiger charge is -2.20. The second-order valence-electron chi connectivity index (χ2n) is 30.7. The van der Waals surface area contributed by atoms with Crippen LogP contribution in [-0.4, -0.2) is 15.0 Å². The summed E-state index contributed by atoms with van der Waals surface area (Å²) in [5, 5.41) is 0. The molecule has 0 spiro atoms. The van der Waals surface area contributed by atoms with Gasteiger partial charge in [0.25, 0.3) is 0 Å². The average Bonchev–Trinajstić information content (AvgIpc) is 0.775. The third-order valence-corrected chi connectivity index (χ3v) is 18.9. The van der Waals surface area contributed by atoms with E-state index < -0.39 is 0 Å². The molecule has 1 aromatic heterocycles. The Morgan fingerprint density at radius 3 is 0.564 bits per heavy atom. The Hall–Kier alpha value is -9.57. The van der Waals surface area contributed by atoms with Crippen LogP contribution in [0.1, 0.15) is 139 Å². The molecule has 94 heavy (non-hydrogen) atoms. The molecule has 0 amide bonds. The minimum absolute atomic E-state index is 0.0150. The molecule has 0 aliphatic carbocycles. The summed E-state index contributed by atoms with van der Waals surface area (Å²) in [6.45, 7) is 40.5. The number of hydrogen-bond donors (Lipinski definition) is 0. The van der Waals surface area contributed by atoms with Gasteiger partial charge in [0.15, 0.2) is 17.5 Å². The first kappa shape index (κ1) is 64.5. The third-order valence-electron chi connectivity index (χ3n) is 18.9. The fourth-order valence-electron chi connectivity index (χ4n) is 13.6. The van der Waals surface area contributed by atoms with Crippen LogP contribution in [0.5, 0.6) is 0 Å². The van der Waals surface area contributed by atoms with E-state index in [4.69, 9.17) is 15.0 Å². The Morgan fingerprint density at radius 2 is 0.351 bits per heavy atom. The van der Waals surface area contributed by atoms with Crippen LogP contribution in [-0.2, 0) is 21.7 Å². The van der Waals surface area contributed by atoms with Gasteiger partial charge in [-0.15, -0.1) is 0 Å². The van der Waals surface area contributed by atoms with Crippen molar-refractivity contribution in [2.45, 2.75) is 146 Å². The molecule has 0 fully saturated rings. The highest BCUT2D eigenvalue weighted by molar-refractivity contribution is 5.89. The van der Waals surface area contributed by atoms with Crippen molar-refractivity contribution >= 4 is 0 Å². The highest BCUT2D eigenvalue weighted by atomic mass is 15.0. The van der Waals surface area contributed by atoms with E-state index in [1.54, 1.807) is 0 Å². The van der Waals surface area contributed by atoms with Crippen LogP contribution < -0.4 is 0 Å². The predicted octanol–water partition coefficient (Wildman–Crippen LogP) is 25.2. The Morgan fingerprint density at radius 1 is 0.181 bits per heavy atom. The van der Waals surface area contributed by atoms with Gasteiger partial charge in [-0.3, -0.25) is 0 Å². The zero-order valence-corrected chi connectivity index (χ0v) is 58.7. The minimum atomic E-state index is 0.0150. The Labute approximate surface area is 561 Å². The molecule has 0 bridgehead atoms. The SMILES string of the molecule is Cc1cc(C)c(-c2ccc(-c3nc(-c4ccc(-c5c(C)cc(C)cc5C)cc4)nc(-c4cc(-c5cc(-c6ccc(C(C)(C)C)cc6)cc(-c6ccc(C(C)(C)C)cc6)c5)cc(-c5cc(-c6ccc(C(C)(C)C)cc6)cc(-c6ccc(C(C)(C)C)cc6)c5)c4)n3)cc2)c(C)c1. The van der Waals surface area contributed by atoms with Gasteiger partial charge in [-0.05, 0) is 251 Å². The topological polar surface area (TPSA) is 38.7 Å². The lowest BCUT2D eigenvalue weighted by atomic mass is 9.84. The van der Waals surface area contributed by atoms with E-state index in [1.807, 2.05) is 0 Å². The molecule has 0 saturated carbocycles. The predicted molar refractivity (Wildman–Crippen MR) is 403 cm³/mol. The van der Waals surface area contributed by atoms with Crippen LogP contribution in [0, 0.1) is 41.5 Å². The van der Waals surface area contributed by atoms with Gasteiger partial charge >= 0.3 is 0 Å². The Balaban J connectivity index is 1.11. The Bertz CT molecular complexity index is 4280. The van der Waals surface area contributed by atoms with E-state index in [0.29, 0.717) is 17.5 Å². The summed E-state index contributed by atoms with van der Waals surface area (Å²) in [6, 6.07) is 84.6.